The number of benzene rings is 1. The Morgan fingerprint density at radius 3 is 2.43 bits per heavy atom. The van der Waals surface area contributed by atoms with Gasteiger partial charge in [0.1, 0.15) is 5.82 Å². The predicted molar refractivity (Wildman–Crippen MR) is 81.2 cm³/mol. The van der Waals surface area contributed by atoms with Crippen molar-refractivity contribution in [3.63, 3.8) is 0 Å². The minimum atomic E-state index is -0.786. The van der Waals surface area contributed by atoms with Crippen LogP contribution in [0.1, 0.15) is 6.92 Å². The highest BCUT2D eigenvalue weighted by atomic mass is 79.9. The predicted octanol–water partition coefficient (Wildman–Crippen LogP) is 2.30. The van der Waals surface area contributed by atoms with E-state index >= 15 is 0 Å². The van der Waals surface area contributed by atoms with Crippen LogP contribution in [0.25, 0.3) is 0 Å². The second-order valence-electron chi connectivity index (χ2n) is 5.00. The Balaban J connectivity index is 1.91. The standard InChI is InChI=1S/C14H18BrF2N3O/c1-2-19-3-5-20(6-4-19)9-13(21)18-14-11(15)7-10(16)8-12(14)17/h7-8H,2-6,9H2,1H3,(H,18,21). The van der Waals surface area contributed by atoms with Crippen molar-refractivity contribution in [2.24, 2.45) is 0 Å². The van der Waals surface area contributed by atoms with Crippen molar-refractivity contribution in [2.45, 2.75) is 6.92 Å². The second kappa shape index (κ2) is 7.29. The summed E-state index contributed by atoms with van der Waals surface area (Å²) < 4.78 is 26.8. The third-order valence-corrected chi connectivity index (χ3v) is 4.18. The highest BCUT2D eigenvalue weighted by Crippen LogP contribution is 2.26. The Labute approximate surface area is 131 Å². The van der Waals surface area contributed by atoms with E-state index < -0.39 is 11.6 Å². The van der Waals surface area contributed by atoms with Crippen LogP contribution in [-0.2, 0) is 4.79 Å². The third kappa shape index (κ3) is 4.46. The van der Waals surface area contributed by atoms with Gasteiger partial charge < -0.3 is 10.2 Å². The molecule has 0 atom stereocenters. The molecule has 0 aromatic heterocycles. The first-order valence-corrected chi connectivity index (χ1v) is 7.68. The first-order valence-electron chi connectivity index (χ1n) is 6.88. The molecule has 1 N–H and O–H groups in total. The van der Waals surface area contributed by atoms with Crippen LogP contribution in [0.2, 0.25) is 0 Å². The van der Waals surface area contributed by atoms with Gasteiger partial charge in [-0.15, -0.1) is 0 Å². The highest BCUT2D eigenvalue weighted by Gasteiger charge is 2.19. The molecule has 1 amide bonds. The van der Waals surface area contributed by atoms with Gasteiger partial charge in [-0.1, -0.05) is 6.92 Å². The molecular weight excluding hydrogens is 344 g/mol. The number of nitrogens with zero attached hydrogens (tertiary/aromatic N) is 2. The zero-order valence-corrected chi connectivity index (χ0v) is 13.4. The topological polar surface area (TPSA) is 35.6 Å². The van der Waals surface area contributed by atoms with Gasteiger partial charge in [-0.25, -0.2) is 8.78 Å². The summed E-state index contributed by atoms with van der Waals surface area (Å²) in [7, 11) is 0. The number of hydrogen-bond donors (Lipinski definition) is 1. The molecule has 1 aromatic rings. The monoisotopic (exact) mass is 361 g/mol. The van der Waals surface area contributed by atoms with E-state index in [1.807, 2.05) is 4.90 Å². The minimum absolute atomic E-state index is 0.0198. The van der Waals surface area contributed by atoms with E-state index in [1.165, 1.54) is 0 Å². The summed E-state index contributed by atoms with van der Waals surface area (Å²) in [5.41, 5.74) is -0.0198. The maximum atomic E-state index is 13.6. The van der Waals surface area contributed by atoms with Crippen molar-refractivity contribution in [2.75, 3.05) is 44.6 Å². The van der Waals surface area contributed by atoms with E-state index in [-0.39, 0.29) is 22.6 Å². The van der Waals surface area contributed by atoms with Crippen LogP contribution in [0.15, 0.2) is 16.6 Å². The van der Waals surface area contributed by atoms with E-state index in [1.54, 1.807) is 0 Å². The molecule has 116 valence electrons. The minimum Gasteiger partial charge on any atom is -0.322 e. The van der Waals surface area contributed by atoms with Crippen molar-refractivity contribution in [1.82, 2.24) is 9.80 Å². The molecule has 2 rings (SSSR count). The highest BCUT2D eigenvalue weighted by molar-refractivity contribution is 9.10. The number of rotatable bonds is 4. The molecule has 0 unspecified atom stereocenters. The summed E-state index contributed by atoms with van der Waals surface area (Å²) >= 11 is 3.05. The van der Waals surface area contributed by atoms with Gasteiger partial charge in [-0.05, 0) is 28.5 Å². The Morgan fingerprint density at radius 1 is 1.24 bits per heavy atom. The number of hydrogen-bond acceptors (Lipinski definition) is 3. The van der Waals surface area contributed by atoms with E-state index in [9.17, 15) is 13.6 Å². The van der Waals surface area contributed by atoms with Crippen LogP contribution >= 0.6 is 15.9 Å². The SMILES string of the molecule is CCN1CCN(CC(=O)Nc2c(F)cc(F)cc2Br)CC1. The normalized spacial score (nSPS) is 17.0. The fraction of sp³-hybridized carbons (Fsp3) is 0.500. The average molecular weight is 362 g/mol. The first kappa shape index (κ1) is 16.3. The van der Waals surface area contributed by atoms with Gasteiger partial charge in [0.2, 0.25) is 5.91 Å². The number of carbonyl (C=O) groups is 1. The van der Waals surface area contributed by atoms with Gasteiger partial charge in [0.15, 0.2) is 5.82 Å². The molecule has 0 spiro atoms. The molecule has 1 saturated heterocycles. The van der Waals surface area contributed by atoms with Crippen LogP contribution in [0.3, 0.4) is 0 Å². The lowest BCUT2D eigenvalue weighted by Crippen LogP contribution is -2.48. The van der Waals surface area contributed by atoms with Gasteiger partial charge in [-0.2, -0.15) is 0 Å². The zero-order chi connectivity index (χ0) is 15.4. The van der Waals surface area contributed by atoms with Crippen LogP contribution in [0, 0.1) is 11.6 Å². The number of piperazine rings is 1. The molecule has 21 heavy (non-hydrogen) atoms. The fourth-order valence-corrected chi connectivity index (χ4v) is 2.81. The van der Waals surface area contributed by atoms with Gasteiger partial charge in [-0.3, -0.25) is 9.69 Å². The number of nitrogens with one attached hydrogen (secondary N) is 1. The van der Waals surface area contributed by atoms with Crippen molar-refractivity contribution >= 4 is 27.5 Å². The molecule has 1 aliphatic heterocycles. The number of likely N-dealkylation sites (N-methyl/N-ethyl adjacent to an activating group) is 1. The molecule has 1 aromatic carbocycles. The van der Waals surface area contributed by atoms with Gasteiger partial charge in [0.05, 0.1) is 12.2 Å². The zero-order valence-electron chi connectivity index (χ0n) is 11.8. The lowest BCUT2D eigenvalue weighted by atomic mass is 10.2. The molecule has 1 aliphatic rings. The second-order valence-corrected chi connectivity index (χ2v) is 5.86. The van der Waals surface area contributed by atoms with Crippen molar-refractivity contribution < 1.29 is 13.6 Å². The van der Waals surface area contributed by atoms with Crippen molar-refractivity contribution in [3.8, 4) is 0 Å². The summed E-state index contributed by atoms with van der Waals surface area (Å²) in [6.07, 6.45) is 0. The number of anilines is 1. The van der Waals surface area contributed by atoms with Crippen molar-refractivity contribution in [1.29, 1.82) is 0 Å². The molecule has 7 heteroatoms. The maximum Gasteiger partial charge on any atom is 0.238 e. The average Bonchev–Trinajstić information content (AvgIpc) is 2.43. The first-order chi connectivity index (χ1) is 9.99. The summed E-state index contributed by atoms with van der Waals surface area (Å²) in [4.78, 5) is 16.3. The molecule has 1 heterocycles. The Bertz CT molecular complexity index is 496. The summed E-state index contributed by atoms with van der Waals surface area (Å²) in [6, 6.07) is 1.87. The van der Waals surface area contributed by atoms with E-state index in [2.05, 4.69) is 33.1 Å². The maximum absolute atomic E-state index is 13.6. The molecular formula is C14H18BrF2N3O. The molecule has 0 saturated carbocycles. The van der Waals surface area contributed by atoms with Crippen molar-refractivity contribution in [3.05, 3.63) is 28.2 Å². The van der Waals surface area contributed by atoms with E-state index in [4.69, 9.17) is 0 Å². The summed E-state index contributed by atoms with van der Waals surface area (Å²) in [6.45, 7) is 6.81. The lowest BCUT2D eigenvalue weighted by Gasteiger charge is -2.33. The van der Waals surface area contributed by atoms with Crippen LogP contribution in [0.5, 0.6) is 0 Å². The number of carbonyl (C=O) groups excluding carboxylic acids is 1. The number of amides is 1. The van der Waals surface area contributed by atoms with E-state index in [0.717, 1.165) is 44.9 Å². The van der Waals surface area contributed by atoms with Crippen LogP contribution in [0.4, 0.5) is 14.5 Å². The Kier molecular flexibility index (Phi) is 5.66. The van der Waals surface area contributed by atoms with Gasteiger partial charge in [0.25, 0.3) is 0 Å². The van der Waals surface area contributed by atoms with Crippen LogP contribution in [-0.4, -0.2) is 55.0 Å². The molecule has 0 radical (unpaired) electrons. The molecule has 0 bridgehead atoms. The Hall–Kier alpha value is -1.05. The summed E-state index contributed by atoms with van der Waals surface area (Å²) in [5, 5.41) is 2.50. The van der Waals surface area contributed by atoms with Gasteiger partial charge in [0, 0.05) is 36.7 Å². The van der Waals surface area contributed by atoms with Gasteiger partial charge >= 0.3 is 0 Å². The molecule has 1 fully saturated rings. The quantitative estimate of drug-likeness (QED) is 0.893. The van der Waals surface area contributed by atoms with E-state index in [0.29, 0.717) is 0 Å². The Morgan fingerprint density at radius 2 is 1.86 bits per heavy atom. The lowest BCUT2D eigenvalue weighted by molar-refractivity contribution is -0.117. The largest absolute Gasteiger partial charge is 0.322 e. The fourth-order valence-electron chi connectivity index (χ4n) is 2.31. The summed E-state index contributed by atoms with van der Waals surface area (Å²) in [5.74, 6) is -1.77. The smallest absolute Gasteiger partial charge is 0.238 e. The molecule has 4 nitrogen and oxygen atoms in total. The van der Waals surface area contributed by atoms with Crippen LogP contribution < -0.4 is 5.32 Å². The number of halogens is 3. The third-order valence-electron chi connectivity index (χ3n) is 3.55. The molecule has 0 aliphatic carbocycles.